The second-order valence-corrected chi connectivity index (χ2v) is 9.75. The van der Waals surface area contributed by atoms with E-state index in [9.17, 15) is 9.59 Å². The predicted molar refractivity (Wildman–Crippen MR) is 133 cm³/mol. The molecule has 1 unspecified atom stereocenters. The number of aromatic nitrogens is 1. The van der Waals surface area contributed by atoms with Gasteiger partial charge in [0.05, 0.1) is 28.5 Å². The zero-order chi connectivity index (χ0) is 24.7. The first-order valence-corrected chi connectivity index (χ1v) is 12.4. The molecular weight excluding hydrogens is 464 g/mol. The third-order valence-corrected chi connectivity index (χ3v) is 7.11. The molecule has 2 aromatic carbocycles. The zero-order valence-electron chi connectivity index (χ0n) is 20.0. The van der Waals surface area contributed by atoms with E-state index in [1.165, 1.54) is 16.9 Å². The lowest BCUT2D eigenvalue weighted by molar-refractivity contribution is -0.139. The van der Waals surface area contributed by atoms with Gasteiger partial charge in [0.1, 0.15) is 0 Å². The van der Waals surface area contributed by atoms with Crippen LogP contribution in [0, 0.1) is 0 Å². The summed E-state index contributed by atoms with van der Waals surface area (Å²) in [4.78, 5) is 31.9. The summed E-state index contributed by atoms with van der Waals surface area (Å²) in [5.41, 5.74) is 3.56. The van der Waals surface area contributed by atoms with Gasteiger partial charge in [-0.05, 0) is 54.7 Å². The Morgan fingerprint density at radius 2 is 1.94 bits per heavy atom. The molecule has 2 aliphatic rings. The van der Waals surface area contributed by atoms with Gasteiger partial charge in [0, 0.05) is 0 Å². The number of carbonyl (C=O) groups is 1. The number of thiazole rings is 1. The molecule has 0 N–H and O–H groups in total. The minimum atomic E-state index is -0.620. The second kappa shape index (κ2) is 9.19. The molecule has 7 nitrogen and oxygen atoms in total. The largest absolute Gasteiger partial charge is 0.463 e. The van der Waals surface area contributed by atoms with Crippen LogP contribution in [0.2, 0.25) is 0 Å². The van der Waals surface area contributed by atoms with Crippen molar-refractivity contribution in [3.05, 3.63) is 90.1 Å². The molecule has 8 heteroatoms. The van der Waals surface area contributed by atoms with Gasteiger partial charge in [-0.15, -0.1) is 0 Å². The summed E-state index contributed by atoms with van der Waals surface area (Å²) in [6, 6.07) is 13.0. The molecule has 0 amide bonds. The van der Waals surface area contributed by atoms with Crippen molar-refractivity contribution < 1.29 is 19.0 Å². The van der Waals surface area contributed by atoms with Crippen molar-refractivity contribution in [3.63, 3.8) is 0 Å². The fraction of sp³-hybridized carbons (Fsp3) is 0.296. The van der Waals surface area contributed by atoms with Crippen molar-refractivity contribution in [3.8, 4) is 11.5 Å². The molecule has 2 aliphatic heterocycles. The van der Waals surface area contributed by atoms with Crippen molar-refractivity contribution in [2.75, 3.05) is 13.4 Å². The summed E-state index contributed by atoms with van der Waals surface area (Å²) in [6.07, 6.45) is 1.81. The van der Waals surface area contributed by atoms with E-state index >= 15 is 0 Å². The summed E-state index contributed by atoms with van der Waals surface area (Å²) in [6.45, 7) is 8.23. The third kappa shape index (κ3) is 4.18. The summed E-state index contributed by atoms with van der Waals surface area (Å²) in [5.74, 6) is 1.24. The first-order valence-electron chi connectivity index (χ1n) is 11.6. The number of hydrogen-bond donors (Lipinski definition) is 0. The Kier molecular flexibility index (Phi) is 6.06. The van der Waals surface area contributed by atoms with Gasteiger partial charge in [0.15, 0.2) is 16.3 Å². The first kappa shape index (κ1) is 23.1. The van der Waals surface area contributed by atoms with E-state index in [4.69, 9.17) is 14.2 Å². The van der Waals surface area contributed by atoms with E-state index < -0.39 is 12.0 Å². The third-order valence-electron chi connectivity index (χ3n) is 6.13. The Bertz CT molecular complexity index is 1510. The summed E-state index contributed by atoms with van der Waals surface area (Å²) >= 11 is 1.30. The van der Waals surface area contributed by atoms with Crippen LogP contribution in [0.4, 0.5) is 0 Å². The molecule has 0 spiro atoms. The van der Waals surface area contributed by atoms with E-state index in [0.29, 0.717) is 38.0 Å². The first-order chi connectivity index (χ1) is 16.9. The highest BCUT2D eigenvalue weighted by atomic mass is 32.1. The number of benzene rings is 2. The summed E-state index contributed by atoms with van der Waals surface area (Å²) in [7, 11) is 0. The van der Waals surface area contributed by atoms with E-state index in [1.54, 1.807) is 18.4 Å². The van der Waals surface area contributed by atoms with Crippen LogP contribution in [0.5, 0.6) is 11.5 Å². The number of esters is 1. The van der Waals surface area contributed by atoms with Gasteiger partial charge in [-0.2, -0.15) is 0 Å². The number of nitrogens with zero attached hydrogens (tertiary/aromatic N) is 2. The molecule has 0 saturated carbocycles. The minimum Gasteiger partial charge on any atom is -0.463 e. The predicted octanol–water partition coefficient (Wildman–Crippen LogP) is 3.65. The molecular formula is C27H26N2O5S. The highest BCUT2D eigenvalue weighted by molar-refractivity contribution is 7.07. The van der Waals surface area contributed by atoms with Crippen LogP contribution in [0.3, 0.4) is 0 Å². The molecule has 1 atom stereocenters. The molecule has 3 aromatic rings. The van der Waals surface area contributed by atoms with Crippen LogP contribution < -0.4 is 24.4 Å². The molecule has 0 aliphatic carbocycles. The summed E-state index contributed by atoms with van der Waals surface area (Å²) < 4.78 is 18.3. The van der Waals surface area contributed by atoms with Crippen LogP contribution in [0.25, 0.3) is 6.08 Å². The molecule has 5 rings (SSSR count). The maximum absolute atomic E-state index is 13.7. The molecule has 0 radical (unpaired) electrons. The quantitative estimate of drug-likeness (QED) is 0.510. The Balaban J connectivity index is 1.67. The van der Waals surface area contributed by atoms with Gasteiger partial charge in [-0.3, -0.25) is 9.36 Å². The smallest absolute Gasteiger partial charge is 0.338 e. The molecule has 0 fully saturated rings. The molecule has 180 valence electrons. The van der Waals surface area contributed by atoms with Crippen LogP contribution in [-0.2, 0) is 9.53 Å². The van der Waals surface area contributed by atoms with Crippen molar-refractivity contribution in [1.29, 1.82) is 0 Å². The number of hydrogen-bond acceptors (Lipinski definition) is 7. The highest BCUT2D eigenvalue weighted by Gasteiger charge is 2.33. The standard InChI is InChI=1S/C27H26N2O5S/c1-5-32-26(31)23-16(4)28-27-29(24(23)19-9-7-18(8-10-19)15(2)3)25(30)22(35-27)13-17-6-11-20-21(12-17)34-14-33-20/h6-13,15,24H,5,14H2,1-4H3. The van der Waals surface area contributed by atoms with Gasteiger partial charge in [0.2, 0.25) is 6.79 Å². The highest BCUT2D eigenvalue weighted by Crippen LogP contribution is 2.33. The topological polar surface area (TPSA) is 79.1 Å². The minimum absolute atomic E-state index is 0.187. The molecule has 3 heterocycles. The van der Waals surface area contributed by atoms with Crippen molar-refractivity contribution in [1.82, 2.24) is 4.57 Å². The molecule has 35 heavy (non-hydrogen) atoms. The summed E-state index contributed by atoms with van der Waals surface area (Å²) in [5, 5.41) is 0. The van der Waals surface area contributed by atoms with Crippen molar-refractivity contribution >= 4 is 23.4 Å². The monoisotopic (exact) mass is 490 g/mol. The van der Waals surface area contributed by atoms with Crippen LogP contribution in [0.15, 0.2) is 63.5 Å². The maximum Gasteiger partial charge on any atom is 0.338 e. The lowest BCUT2D eigenvalue weighted by atomic mass is 9.93. The van der Waals surface area contributed by atoms with E-state index in [2.05, 4.69) is 18.8 Å². The normalized spacial score (nSPS) is 16.9. The van der Waals surface area contributed by atoms with Crippen molar-refractivity contribution in [2.45, 2.75) is 39.7 Å². The number of carbonyl (C=O) groups excluding carboxylic acids is 1. The lowest BCUT2D eigenvalue weighted by Gasteiger charge is -2.25. The van der Waals surface area contributed by atoms with Crippen LogP contribution in [-0.4, -0.2) is 23.9 Å². The van der Waals surface area contributed by atoms with Crippen molar-refractivity contribution in [2.24, 2.45) is 4.99 Å². The van der Waals surface area contributed by atoms with Gasteiger partial charge in [-0.1, -0.05) is 55.5 Å². The number of fused-ring (bicyclic) bond motifs is 2. The average molecular weight is 491 g/mol. The van der Waals surface area contributed by atoms with E-state index in [-0.39, 0.29) is 19.0 Å². The van der Waals surface area contributed by atoms with Crippen LogP contribution >= 0.6 is 11.3 Å². The fourth-order valence-electron chi connectivity index (χ4n) is 4.32. The molecule has 0 bridgehead atoms. The number of ether oxygens (including phenoxy) is 3. The maximum atomic E-state index is 13.7. The van der Waals surface area contributed by atoms with E-state index in [0.717, 1.165) is 11.1 Å². The molecule has 1 aromatic heterocycles. The number of allylic oxidation sites excluding steroid dienone is 1. The second-order valence-electron chi connectivity index (χ2n) is 8.74. The number of rotatable bonds is 5. The van der Waals surface area contributed by atoms with E-state index in [1.807, 2.05) is 48.5 Å². The van der Waals surface area contributed by atoms with Crippen LogP contribution in [0.1, 0.15) is 56.3 Å². The Morgan fingerprint density at radius 3 is 2.66 bits per heavy atom. The van der Waals surface area contributed by atoms with Gasteiger partial charge >= 0.3 is 5.97 Å². The van der Waals surface area contributed by atoms with Gasteiger partial charge in [0.25, 0.3) is 5.56 Å². The Morgan fingerprint density at radius 1 is 1.20 bits per heavy atom. The Hall–Kier alpha value is -3.65. The Labute approximate surface area is 206 Å². The fourth-order valence-corrected chi connectivity index (χ4v) is 5.37. The SMILES string of the molecule is CCOC(=O)C1=C(C)N=c2sc(=Cc3ccc4c(c3)OCO4)c(=O)n2C1c1ccc(C(C)C)cc1. The zero-order valence-corrected chi connectivity index (χ0v) is 20.8. The lowest BCUT2D eigenvalue weighted by Crippen LogP contribution is -2.39. The van der Waals surface area contributed by atoms with Gasteiger partial charge < -0.3 is 14.2 Å². The van der Waals surface area contributed by atoms with Gasteiger partial charge in [-0.25, -0.2) is 9.79 Å². The molecule has 0 saturated heterocycles. The average Bonchev–Trinajstić information content (AvgIpc) is 3.42.